The summed E-state index contributed by atoms with van der Waals surface area (Å²) in [5, 5.41) is 11.3. The van der Waals surface area contributed by atoms with Gasteiger partial charge in [0.25, 0.3) is 5.91 Å². The molecule has 2 aromatic carbocycles. The molecule has 3 rings (SSSR count). The van der Waals surface area contributed by atoms with Crippen molar-refractivity contribution in [3.05, 3.63) is 59.2 Å². The molecule has 0 fully saturated rings. The molecule has 0 saturated carbocycles. The monoisotopic (exact) mass is 350 g/mol. The molecule has 0 aliphatic carbocycles. The number of benzene rings is 2. The number of aromatic nitrogens is 3. The van der Waals surface area contributed by atoms with Crippen LogP contribution in [0.5, 0.6) is 0 Å². The lowest BCUT2D eigenvalue weighted by molar-refractivity contribution is 0.0940. The van der Waals surface area contributed by atoms with Crippen molar-refractivity contribution in [2.45, 2.75) is 46.7 Å². The zero-order chi connectivity index (χ0) is 18.7. The largest absolute Gasteiger partial charge is 0.346 e. The molecule has 3 aromatic rings. The Morgan fingerprint density at radius 1 is 1.12 bits per heavy atom. The SMILES string of the molecule is CCn1nnc2cc(C(=O)N[C@@H](C)c3ccc(CC(C)C)cc3)ccc21. The van der Waals surface area contributed by atoms with Crippen molar-refractivity contribution in [2.24, 2.45) is 5.92 Å². The molecule has 5 nitrogen and oxygen atoms in total. The van der Waals surface area contributed by atoms with E-state index in [4.69, 9.17) is 0 Å². The first-order chi connectivity index (χ1) is 12.5. The Kier molecular flexibility index (Phi) is 5.35. The number of hydrogen-bond donors (Lipinski definition) is 1. The van der Waals surface area contributed by atoms with Crippen LogP contribution in [0.1, 0.15) is 55.2 Å². The molecule has 1 atom stereocenters. The van der Waals surface area contributed by atoms with Gasteiger partial charge in [-0.05, 0) is 55.5 Å². The number of fused-ring (bicyclic) bond motifs is 1. The van der Waals surface area contributed by atoms with Crippen molar-refractivity contribution in [3.8, 4) is 0 Å². The van der Waals surface area contributed by atoms with Crippen LogP contribution in [0.4, 0.5) is 0 Å². The topological polar surface area (TPSA) is 59.8 Å². The Morgan fingerprint density at radius 2 is 1.85 bits per heavy atom. The predicted octanol–water partition coefficient (Wildman–Crippen LogP) is 4.14. The fraction of sp³-hybridized carbons (Fsp3) is 0.381. The molecule has 26 heavy (non-hydrogen) atoms. The molecule has 0 aliphatic rings. The van der Waals surface area contributed by atoms with E-state index in [1.54, 1.807) is 6.07 Å². The number of carbonyl (C=O) groups is 1. The van der Waals surface area contributed by atoms with Crippen LogP contribution in [-0.4, -0.2) is 20.9 Å². The summed E-state index contributed by atoms with van der Waals surface area (Å²) in [4.78, 5) is 12.6. The van der Waals surface area contributed by atoms with E-state index in [0.29, 0.717) is 11.5 Å². The first-order valence-corrected chi connectivity index (χ1v) is 9.21. The lowest BCUT2D eigenvalue weighted by Gasteiger charge is -2.15. The summed E-state index contributed by atoms with van der Waals surface area (Å²) in [7, 11) is 0. The van der Waals surface area contributed by atoms with Gasteiger partial charge in [-0.15, -0.1) is 5.10 Å². The van der Waals surface area contributed by atoms with Gasteiger partial charge < -0.3 is 5.32 Å². The lowest BCUT2D eigenvalue weighted by Crippen LogP contribution is -2.26. The third-order valence-electron chi connectivity index (χ3n) is 4.55. The number of carbonyl (C=O) groups excluding carboxylic acids is 1. The van der Waals surface area contributed by atoms with E-state index in [9.17, 15) is 4.79 Å². The van der Waals surface area contributed by atoms with Gasteiger partial charge in [0.2, 0.25) is 0 Å². The van der Waals surface area contributed by atoms with Crippen LogP contribution in [0.2, 0.25) is 0 Å². The fourth-order valence-electron chi connectivity index (χ4n) is 3.12. The third-order valence-corrected chi connectivity index (χ3v) is 4.55. The van der Waals surface area contributed by atoms with Crippen LogP contribution in [0.25, 0.3) is 11.0 Å². The van der Waals surface area contributed by atoms with Gasteiger partial charge in [0.1, 0.15) is 5.52 Å². The summed E-state index contributed by atoms with van der Waals surface area (Å²) in [5.74, 6) is 0.537. The van der Waals surface area contributed by atoms with Crippen molar-refractivity contribution >= 4 is 16.9 Å². The van der Waals surface area contributed by atoms with Gasteiger partial charge in [-0.25, -0.2) is 4.68 Å². The minimum Gasteiger partial charge on any atom is -0.346 e. The molecular weight excluding hydrogens is 324 g/mol. The Hall–Kier alpha value is -2.69. The van der Waals surface area contributed by atoms with Gasteiger partial charge in [0, 0.05) is 12.1 Å². The number of nitrogens with zero attached hydrogens (tertiary/aromatic N) is 3. The first-order valence-electron chi connectivity index (χ1n) is 9.21. The van der Waals surface area contributed by atoms with E-state index in [1.807, 2.05) is 30.7 Å². The highest BCUT2D eigenvalue weighted by molar-refractivity contribution is 5.97. The predicted molar refractivity (Wildman–Crippen MR) is 104 cm³/mol. The molecular formula is C21H26N4O. The quantitative estimate of drug-likeness (QED) is 0.727. The summed E-state index contributed by atoms with van der Waals surface area (Å²) in [6, 6.07) is 13.9. The first kappa shape index (κ1) is 18.1. The molecule has 0 radical (unpaired) electrons. The molecule has 1 aromatic heterocycles. The second kappa shape index (κ2) is 7.68. The molecule has 0 bridgehead atoms. The van der Waals surface area contributed by atoms with E-state index in [0.717, 1.165) is 29.6 Å². The molecule has 1 N–H and O–H groups in total. The molecule has 0 unspecified atom stereocenters. The molecule has 0 aliphatic heterocycles. The van der Waals surface area contributed by atoms with Crippen LogP contribution >= 0.6 is 0 Å². The summed E-state index contributed by atoms with van der Waals surface area (Å²) in [5.41, 5.74) is 4.71. The van der Waals surface area contributed by atoms with Crippen molar-refractivity contribution in [3.63, 3.8) is 0 Å². The van der Waals surface area contributed by atoms with E-state index < -0.39 is 0 Å². The minimum atomic E-state index is -0.100. The minimum absolute atomic E-state index is 0.0578. The third kappa shape index (κ3) is 3.93. The lowest BCUT2D eigenvalue weighted by atomic mass is 10.00. The summed E-state index contributed by atoms with van der Waals surface area (Å²) in [6.45, 7) is 9.20. The van der Waals surface area contributed by atoms with Crippen molar-refractivity contribution in [2.75, 3.05) is 0 Å². The second-order valence-electron chi connectivity index (χ2n) is 7.14. The number of rotatable bonds is 6. The van der Waals surface area contributed by atoms with Gasteiger partial charge in [-0.1, -0.05) is 43.3 Å². The maximum Gasteiger partial charge on any atom is 0.251 e. The Bertz CT molecular complexity index is 896. The van der Waals surface area contributed by atoms with Crippen LogP contribution in [0, 0.1) is 5.92 Å². The maximum absolute atomic E-state index is 12.6. The van der Waals surface area contributed by atoms with Gasteiger partial charge in [-0.2, -0.15) is 0 Å². The van der Waals surface area contributed by atoms with Gasteiger partial charge >= 0.3 is 0 Å². The second-order valence-corrected chi connectivity index (χ2v) is 7.14. The van der Waals surface area contributed by atoms with Crippen LogP contribution in [-0.2, 0) is 13.0 Å². The standard InChI is InChI=1S/C21H26N4O/c1-5-25-20-11-10-18(13-19(20)23-24-25)21(26)22-15(4)17-8-6-16(7-9-17)12-14(2)3/h6-11,13-15H,5,12H2,1-4H3,(H,22,26)/t15-/m0/s1. The smallest absolute Gasteiger partial charge is 0.251 e. The summed E-state index contributed by atoms with van der Waals surface area (Å²) < 4.78 is 1.82. The van der Waals surface area contributed by atoms with Crippen LogP contribution < -0.4 is 5.32 Å². The van der Waals surface area contributed by atoms with Crippen LogP contribution in [0.3, 0.4) is 0 Å². The number of aryl methyl sites for hydroxylation is 1. The van der Waals surface area contributed by atoms with Crippen molar-refractivity contribution < 1.29 is 4.79 Å². The van der Waals surface area contributed by atoms with Crippen LogP contribution in [0.15, 0.2) is 42.5 Å². The fourth-order valence-corrected chi connectivity index (χ4v) is 3.12. The number of nitrogens with one attached hydrogen (secondary N) is 1. The van der Waals surface area contributed by atoms with Crippen molar-refractivity contribution in [1.29, 1.82) is 0 Å². The summed E-state index contributed by atoms with van der Waals surface area (Å²) in [6.07, 6.45) is 1.07. The molecule has 5 heteroatoms. The molecule has 0 saturated heterocycles. The molecule has 1 amide bonds. The number of hydrogen-bond acceptors (Lipinski definition) is 3. The Morgan fingerprint density at radius 3 is 2.50 bits per heavy atom. The molecule has 136 valence electrons. The van der Waals surface area contributed by atoms with Crippen molar-refractivity contribution in [1.82, 2.24) is 20.3 Å². The average Bonchev–Trinajstić information content (AvgIpc) is 3.04. The zero-order valence-electron chi connectivity index (χ0n) is 15.9. The average molecular weight is 350 g/mol. The van der Waals surface area contributed by atoms with E-state index >= 15 is 0 Å². The van der Waals surface area contributed by atoms with Gasteiger partial charge in [0.05, 0.1) is 11.6 Å². The van der Waals surface area contributed by atoms with Gasteiger partial charge in [-0.3, -0.25) is 4.79 Å². The highest BCUT2D eigenvalue weighted by atomic mass is 16.1. The Labute approximate surface area is 154 Å². The summed E-state index contributed by atoms with van der Waals surface area (Å²) >= 11 is 0. The maximum atomic E-state index is 12.6. The van der Waals surface area contributed by atoms with E-state index in [1.165, 1.54) is 5.56 Å². The highest BCUT2D eigenvalue weighted by Crippen LogP contribution is 2.18. The van der Waals surface area contributed by atoms with E-state index in [2.05, 4.69) is 53.7 Å². The highest BCUT2D eigenvalue weighted by Gasteiger charge is 2.13. The normalized spacial score (nSPS) is 12.5. The zero-order valence-corrected chi connectivity index (χ0v) is 15.9. The molecule has 0 spiro atoms. The number of amides is 1. The molecule has 1 heterocycles. The van der Waals surface area contributed by atoms with E-state index in [-0.39, 0.29) is 11.9 Å². The Balaban J connectivity index is 1.70. The van der Waals surface area contributed by atoms with Gasteiger partial charge in [0.15, 0.2) is 0 Å².